The molecule has 1 aromatic heterocycles. The molecule has 148 valence electrons. The summed E-state index contributed by atoms with van der Waals surface area (Å²) in [6, 6.07) is 17.2. The first-order chi connectivity index (χ1) is 14.0. The van der Waals surface area contributed by atoms with Crippen LogP contribution >= 0.6 is 0 Å². The summed E-state index contributed by atoms with van der Waals surface area (Å²) in [5.74, 6) is 1.04. The molecule has 29 heavy (non-hydrogen) atoms. The van der Waals surface area contributed by atoms with Crippen LogP contribution < -0.4 is 10.2 Å². The number of amides is 1. The Morgan fingerprint density at radius 3 is 2.52 bits per heavy atom. The lowest BCUT2D eigenvalue weighted by molar-refractivity contribution is 0.0955. The van der Waals surface area contributed by atoms with Gasteiger partial charge in [-0.25, -0.2) is 5.43 Å². The fraction of sp³-hybridized carbons (Fsp3) is 0.208. The molecule has 0 aliphatic heterocycles. The lowest BCUT2D eigenvalue weighted by Crippen LogP contribution is -2.17. The highest BCUT2D eigenvalue weighted by molar-refractivity contribution is 5.94. The van der Waals surface area contributed by atoms with Gasteiger partial charge in [0, 0.05) is 18.0 Å². The van der Waals surface area contributed by atoms with Crippen LogP contribution in [0.25, 0.3) is 0 Å². The Kier molecular flexibility index (Phi) is 6.74. The minimum atomic E-state index is -0.261. The van der Waals surface area contributed by atoms with Gasteiger partial charge in [-0.05, 0) is 65.4 Å². The maximum absolute atomic E-state index is 12.2. The molecule has 0 saturated heterocycles. The number of ether oxygens (including phenoxy) is 1. The zero-order valence-corrected chi connectivity index (χ0v) is 16.9. The summed E-state index contributed by atoms with van der Waals surface area (Å²) >= 11 is 0. The number of nitrogens with zero attached hydrogens (tertiary/aromatic N) is 2. The molecule has 5 heteroatoms. The second-order valence-corrected chi connectivity index (χ2v) is 7.16. The smallest absolute Gasteiger partial charge is 0.271 e. The van der Waals surface area contributed by atoms with E-state index in [1.54, 1.807) is 30.7 Å². The van der Waals surface area contributed by atoms with Gasteiger partial charge < -0.3 is 4.74 Å². The molecule has 2 aromatic carbocycles. The molecule has 0 aliphatic carbocycles. The number of carbonyl (C=O) groups is 1. The van der Waals surface area contributed by atoms with Crippen molar-refractivity contribution in [2.24, 2.45) is 5.10 Å². The molecule has 0 saturated carbocycles. The fourth-order valence-electron chi connectivity index (χ4n) is 2.84. The van der Waals surface area contributed by atoms with Gasteiger partial charge in [0.15, 0.2) is 0 Å². The summed E-state index contributed by atoms with van der Waals surface area (Å²) in [6.07, 6.45) is 4.92. The SMILES string of the molecule is Cc1ccc(C(C)C)c(OCc2ccc(C(=O)N/N=C/c3ccncc3)cc2)c1. The second kappa shape index (κ2) is 9.64. The van der Waals surface area contributed by atoms with Crippen molar-refractivity contribution >= 4 is 12.1 Å². The van der Waals surface area contributed by atoms with Gasteiger partial charge in [0.1, 0.15) is 12.4 Å². The Balaban J connectivity index is 1.58. The molecular weight excluding hydrogens is 362 g/mol. The number of carbonyl (C=O) groups excluding carboxylic acids is 1. The second-order valence-electron chi connectivity index (χ2n) is 7.16. The Morgan fingerprint density at radius 2 is 1.83 bits per heavy atom. The minimum Gasteiger partial charge on any atom is -0.489 e. The number of hydrogen-bond acceptors (Lipinski definition) is 4. The van der Waals surface area contributed by atoms with Gasteiger partial charge in [0.25, 0.3) is 5.91 Å². The van der Waals surface area contributed by atoms with E-state index >= 15 is 0 Å². The Bertz CT molecular complexity index is 981. The first-order valence-electron chi connectivity index (χ1n) is 9.58. The third-order valence-electron chi connectivity index (χ3n) is 4.49. The van der Waals surface area contributed by atoms with Crippen LogP contribution in [0.1, 0.15) is 52.4 Å². The van der Waals surface area contributed by atoms with Gasteiger partial charge in [-0.15, -0.1) is 0 Å². The van der Waals surface area contributed by atoms with E-state index in [4.69, 9.17) is 4.74 Å². The first kappa shape index (κ1) is 20.3. The van der Waals surface area contributed by atoms with Crippen LogP contribution in [-0.2, 0) is 6.61 Å². The van der Waals surface area contributed by atoms with E-state index < -0.39 is 0 Å². The predicted molar refractivity (Wildman–Crippen MR) is 115 cm³/mol. The molecule has 0 bridgehead atoms. The van der Waals surface area contributed by atoms with Crippen molar-refractivity contribution in [3.63, 3.8) is 0 Å². The van der Waals surface area contributed by atoms with Crippen LogP contribution in [0.3, 0.4) is 0 Å². The Hall–Kier alpha value is -3.47. The van der Waals surface area contributed by atoms with Crippen molar-refractivity contribution in [2.45, 2.75) is 33.3 Å². The zero-order chi connectivity index (χ0) is 20.6. The minimum absolute atomic E-state index is 0.261. The van der Waals surface area contributed by atoms with Crippen molar-refractivity contribution in [1.82, 2.24) is 10.4 Å². The molecule has 3 aromatic rings. The van der Waals surface area contributed by atoms with E-state index in [9.17, 15) is 4.79 Å². The number of benzene rings is 2. The van der Waals surface area contributed by atoms with E-state index in [1.807, 2.05) is 24.3 Å². The van der Waals surface area contributed by atoms with Crippen LogP contribution in [0.15, 0.2) is 72.1 Å². The molecule has 0 aliphatic rings. The summed E-state index contributed by atoms with van der Waals surface area (Å²) in [5, 5.41) is 3.97. The van der Waals surface area contributed by atoms with Crippen molar-refractivity contribution in [2.75, 3.05) is 0 Å². The molecule has 0 unspecified atom stereocenters. The number of aryl methyl sites for hydroxylation is 1. The maximum atomic E-state index is 12.2. The van der Waals surface area contributed by atoms with Crippen molar-refractivity contribution in [1.29, 1.82) is 0 Å². The average molecular weight is 387 g/mol. The molecule has 5 nitrogen and oxygen atoms in total. The van der Waals surface area contributed by atoms with Crippen molar-refractivity contribution in [3.8, 4) is 5.75 Å². The summed E-state index contributed by atoms with van der Waals surface area (Å²) in [4.78, 5) is 16.2. The summed E-state index contributed by atoms with van der Waals surface area (Å²) < 4.78 is 6.05. The van der Waals surface area contributed by atoms with E-state index in [1.165, 1.54) is 11.1 Å². The number of aromatic nitrogens is 1. The summed E-state index contributed by atoms with van der Waals surface area (Å²) in [6.45, 7) is 6.82. The molecule has 1 amide bonds. The molecule has 1 heterocycles. The van der Waals surface area contributed by atoms with Gasteiger partial charge in [-0.3, -0.25) is 9.78 Å². The van der Waals surface area contributed by atoms with Crippen molar-refractivity contribution in [3.05, 3.63) is 94.8 Å². The van der Waals surface area contributed by atoms with Crippen LogP contribution in [0.5, 0.6) is 5.75 Å². The largest absolute Gasteiger partial charge is 0.489 e. The van der Waals surface area contributed by atoms with E-state index in [-0.39, 0.29) is 5.91 Å². The van der Waals surface area contributed by atoms with Crippen LogP contribution in [0.2, 0.25) is 0 Å². The van der Waals surface area contributed by atoms with Crippen LogP contribution in [-0.4, -0.2) is 17.1 Å². The summed E-state index contributed by atoms with van der Waals surface area (Å²) in [7, 11) is 0. The number of rotatable bonds is 7. The molecule has 0 spiro atoms. The quantitative estimate of drug-likeness (QED) is 0.465. The number of hydrazone groups is 1. The third kappa shape index (κ3) is 5.75. The lowest BCUT2D eigenvalue weighted by Gasteiger charge is -2.15. The highest BCUT2D eigenvalue weighted by atomic mass is 16.5. The number of pyridine rings is 1. The van der Waals surface area contributed by atoms with E-state index in [2.05, 4.69) is 54.5 Å². The van der Waals surface area contributed by atoms with Gasteiger partial charge in [-0.2, -0.15) is 5.10 Å². The maximum Gasteiger partial charge on any atom is 0.271 e. The van der Waals surface area contributed by atoms with Crippen LogP contribution in [0, 0.1) is 6.92 Å². The van der Waals surface area contributed by atoms with Crippen molar-refractivity contribution < 1.29 is 9.53 Å². The Labute approximate surface area is 171 Å². The third-order valence-corrected chi connectivity index (χ3v) is 4.49. The standard InChI is InChI=1S/C24H25N3O2/c1-17(2)22-9-4-18(3)14-23(22)29-16-20-5-7-21(8-6-20)24(28)27-26-15-19-10-12-25-13-11-19/h4-15,17H,16H2,1-3H3,(H,27,28)/b26-15+. The zero-order valence-electron chi connectivity index (χ0n) is 16.9. The molecule has 0 atom stereocenters. The van der Waals surface area contributed by atoms with Gasteiger partial charge in [0.05, 0.1) is 6.21 Å². The fourth-order valence-corrected chi connectivity index (χ4v) is 2.84. The normalized spacial score (nSPS) is 11.0. The highest BCUT2D eigenvalue weighted by Crippen LogP contribution is 2.28. The monoisotopic (exact) mass is 387 g/mol. The highest BCUT2D eigenvalue weighted by Gasteiger charge is 2.09. The van der Waals surface area contributed by atoms with Gasteiger partial charge in [0.2, 0.25) is 0 Å². The molecule has 3 rings (SSSR count). The first-order valence-corrected chi connectivity index (χ1v) is 9.58. The van der Waals surface area contributed by atoms with Crippen LogP contribution in [0.4, 0.5) is 0 Å². The molecule has 0 radical (unpaired) electrons. The number of nitrogens with one attached hydrogen (secondary N) is 1. The molecule has 0 fully saturated rings. The van der Waals surface area contributed by atoms with Gasteiger partial charge >= 0.3 is 0 Å². The predicted octanol–water partition coefficient (Wildman–Crippen LogP) is 4.86. The average Bonchev–Trinajstić information content (AvgIpc) is 2.73. The number of hydrogen-bond donors (Lipinski definition) is 1. The van der Waals surface area contributed by atoms with Gasteiger partial charge in [-0.1, -0.05) is 38.1 Å². The lowest BCUT2D eigenvalue weighted by atomic mass is 10.0. The van der Waals surface area contributed by atoms with E-state index in [0.717, 1.165) is 16.9 Å². The molecule has 1 N–H and O–H groups in total. The topological polar surface area (TPSA) is 63.6 Å². The van der Waals surface area contributed by atoms with E-state index in [0.29, 0.717) is 18.1 Å². The Morgan fingerprint density at radius 1 is 1.10 bits per heavy atom. The summed E-state index contributed by atoms with van der Waals surface area (Å²) in [5.41, 5.74) is 7.30. The molecular formula is C24H25N3O2.